The Kier molecular flexibility index (Phi) is 4.93. The van der Waals surface area contributed by atoms with E-state index in [-0.39, 0.29) is 11.9 Å². The Labute approximate surface area is 142 Å². The Morgan fingerprint density at radius 2 is 1.96 bits per heavy atom. The molecule has 1 aromatic carbocycles. The van der Waals surface area contributed by atoms with Gasteiger partial charge in [-0.05, 0) is 37.5 Å². The van der Waals surface area contributed by atoms with Gasteiger partial charge in [-0.3, -0.25) is 4.79 Å². The van der Waals surface area contributed by atoms with Crippen LogP contribution in [0.3, 0.4) is 0 Å². The minimum Gasteiger partial charge on any atom is -0.378 e. The van der Waals surface area contributed by atoms with E-state index in [2.05, 4.69) is 37.6 Å². The summed E-state index contributed by atoms with van der Waals surface area (Å²) < 4.78 is 0. The first kappa shape index (κ1) is 16.2. The number of carbonyl (C=O) groups excluding carboxylic acids is 1. The summed E-state index contributed by atoms with van der Waals surface area (Å²) in [5.41, 5.74) is 3.00. The molecule has 1 unspecified atom stereocenters. The fourth-order valence-electron chi connectivity index (χ4n) is 2.75. The normalized spacial score (nSPS) is 17.8. The summed E-state index contributed by atoms with van der Waals surface area (Å²) in [6.07, 6.45) is 4.56. The smallest absolute Gasteiger partial charge is 0.242 e. The summed E-state index contributed by atoms with van der Waals surface area (Å²) in [6, 6.07) is 9.81. The molecule has 1 fully saturated rings. The number of rotatable bonds is 4. The summed E-state index contributed by atoms with van der Waals surface area (Å²) in [4.78, 5) is 22.9. The molecular weight excluding hydrogens is 302 g/mol. The maximum absolute atomic E-state index is 12.0. The third kappa shape index (κ3) is 3.82. The Balaban J connectivity index is 1.77. The van der Waals surface area contributed by atoms with Crippen LogP contribution in [0.2, 0.25) is 0 Å². The van der Waals surface area contributed by atoms with Gasteiger partial charge in [-0.15, -0.1) is 0 Å². The predicted octanol–water partition coefficient (Wildman–Crippen LogP) is 2.29. The molecule has 0 radical (unpaired) electrons. The molecule has 2 N–H and O–H groups in total. The van der Waals surface area contributed by atoms with Gasteiger partial charge in [-0.1, -0.05) is 12.1 Å². The number of nitrogens with zero attached hydrogens (tertiary/aromatic N) is 3. The number of nitrogens with one attached hydrogen (secondary N) is 2. The highest BCUT2D eigenvalue weighted by atomic mass is 16.2. The zero-order valence-electron chi connectivity index (χ0n) is 14.1. The highest BCUT2D eigenvalue weighted by molar-refractivity contribution is 5.84. The van der Waals surface area contributed by atoms with Gasteiger partial charge in [-0.2, -0.15) is 0 Å². The lowest BCUT2D eigenvalue weighted by molar-refractivity contribution is -0.121. The van der Waals surface area contributed by atoms with E-state index in [4.69, 9.17) is 0 Å². The molecule has 24 heavy (non-hydrogen) atoms. The molecule has 1 aliphatic heterocycles. The first-order valence-electron chi connectivity index (χ1n) is 8.28. The van der Waals surface area contributed by atoms with Gasteiger partial charge in [0.15, 0.2) is 0 Å². The largest absolute Gasteiger partial charge is 0.378 e. The topological polar surface area (TPSA) is 70.2 Å². The Bertz CT molecular complexity index is 699. The van der Waals surface area contributed by atoms with Crippen molar-refractivity contribution in [2.24, 2.45) is 0 Å². The summed E-state index contributed by atoms with van der Waals surface area (Å²) in [5, 5.41) is 6.08. The zero-order chi connectivity index (χ0) is 16.9. The van der Waals surface area contributed by atoms with E-state index < -0.39 is 0 Å². The molecule has 1 aliphatic rings. The van der Waals surface area contributed by atoms with E-state index in [0.717, 1.165) is 42.8 Å². The zero-order valence-corrected chi connectivity index (χ0v) is 14.1. The van der Waals surface area contributed by atoms with Crippen LogP contribution in [0.4, 0.5) is 11.6 Å². The van der Waals surface area contributed by atoms with Crippen molar-refractivity contribution >= 4 is 17.5 Å². The third-order valence-corrected chi connectivity index (χ3v) is 4.17. The number of aromatic nitrogens is 2. The van der Waals surface area contributed by atoms with Crippen LogP contribution < -0.4 is 15.5 Å². The third-order valence-electron chi connectivity index (χ3n) is 4.17. The van der Waals surface area contributed by atoms with Gasteiger partial charge in [0.2, 0.25) is 11.9 Å². The van der Waals surface area contributed by atoms with Crippen LogP contribution in [-0.2, 0) is 4.79 Å². The van der Waals surface area contributed by atoms with Crippen molar-refractivity contribution in [3.05, 3.63) is 36.5 Å². The van der Waals surface area contributed by atoms with Gasteiger partial charge < -0.3 is 15.5 Å². The Hall–Kier alpha value is -2.63. The SMILES string of the molecule is CN(C)c1ccc(-c2ccnc(NC3CCCCNC3=O)n2)cc1. The summed E-state index contributed by atoms with van der Waals surface area (Å²) in [5.74, 6) is 0.517. The summed E-state index contributed by atoms with van der Waals surface area (Å²) in [7, 11) is 4.03. The monoisotopic (exact) mass is 325 g/mol. The lowest BCUT2D eigenvalue weighted by Crippen LogP contribution is -2.38. The van der Waals surface area contributed by atoms with Crippen molar-refractivity contribution in [3.8, 4) is 11.3 Å². The maximum Gasteiger partial charge on any atom is 0.242 e. The van der Waals surface area contributed by atoms with Gasteiger partial charge in [0, 0.05) is 38.1 Å². The maximum atomic E-state index is 12.0. The second-order valence-corrected chi connectivity index (χ2v) is 6.19. The number of amides is 1. The molecular formula is C18H23N5O. The molecule has 0 bridgehead atoms. The van der Waals surface area contributed by atoms with Gasteiger partial charge in [0.05, 0.1) is 5.69 Å². The summed E-state index contributed by atoms with van der Waals surface area (Å²) in [6.45, 7) is 0.746. The second kappa shape index (κ2) is 7.29. The van der Waals surface area contributed by atoms with Crippen LogP contribution in [0, 0.1) is 0 Å². The van der Waals surface area contributed by atoms with Crippen LogP contribution in [0.5, 0.6) is 0 Å². The van der Waals surface area contributed by atoms with Crippen LogP contribution in [0.25, 0.3) is 11.3 Å². The van der Waals surface area contributed by atoms with Crippen LogP contribution >= 0.6 is 0 Å². The fourth-order valence-corrected chi connectivity index (χ4v) is 2.75. The van der Waals surface area contributed by atoms with E-state index in [9.17, 15) is 4.79 Å². The quantitative estimate of drug-likeness (QED) is 0.902. The number of hydrogen-bond donors (Lipinski definition) is 2. The Morgan fingerprint density at radius 1 is 1.17 bits per heavy atom. The van der Waals surface area contributed by atoms with Crippen molar-refractivity contribution in [3.63, 3.8) is 0 Å². The van der Waals surface area contributed by atoms with Crippen LogP contribution in [0.1, 0.15) is 19.3 Å². The van der Waals surface area contributed by atoms with E-state index in [1.165, 1.54) is 0 Å². The molecule has 6 heteroatoms. The lowest BCUT2D eigenvalue weighted by atomic mass is 10.1. The highest BCUT2D eigenvalue weighted by Gasteiger charge is 2.21. The minimum atomic E-state index is -0.265. The number of benzene rings is 1. The molecule has 2 aromatic rings. The van der Waals surface area contributed by atoms with Crippen LogP contribution in [-0.4, -0.2) is 42.6 Å². The van der Waals surface area contributed by atoms with Crippen molar-refractivity contribution < 1.29 is 4.79 Å². The van der Waals surface area contributed by atoms with Crippen molar-refractivity contribution in [2.45, 2.75) is 25.3 Å². The molecule has 1 saturated heterocycles. The van der Waals surface area contributed by atoms with E-state index in [1.807, 2.05) is 32.3 Å². The number of carbonyl (C=O) groups is 1. The van der Waals surface area contributed by atoms with Crippen molar-refractivity contribution in [2.75, 3.05) is 30.9 Å². The first-order valence-corrected chi connectivity index (χ1v) is 8.28. The number of hydrogen-bond acceptors (Lipinski definition) is 5. The van der Waals surface area contributed by atoms with Crippen LogP contribution in [0.15, 0.2) is 36.5 Å². The van der Waals surface area contributed by atoms with Gasteiger partial charge in [0.1, 0.15) is 6.04 Å². The van der Waals surface area contributed by atoms with Crippen molar-refractivity contribution in [1.82, 2.24) is 15.3 Å². The molecule has 1 amide bonds. The standard InChI is InChI=1S/C18H23N5O/c1-23(2)14-8-6-13(7-9-14)15-10-12-20-18(21-15)22-16-5-3-4-11-19-17(16)24/h6-10,12,16H,3-5,11H2,1-2H3,(H,19,24)(H,20,21,22). The minimum absolute atomic E-state index is 0.0249. The average molecular weight is 325 g/mol. The average Bonchev–Trinajstić information content (AvgIpc) is 2.80. The first-order chi connectivity index (χ1) is 11.6. The van der Waals surface area contributed by atoms with Gasteiger partial charge in [-0.25, -0.2) is 9.97 Å². The molecule has 0 saturated carbocycles. The molecule has 2 heterocycles. The molecule has 3 rings (SSSR count). The lowest BCUT2D eigenvalue weighted by Gasteiger charge is -2.15. The number of anilines is 2. The predicted molar refractivity (Wildman–Crippen MR) is 96.1 cm³/mol. The molecule has 0 aliphatic carbocycles. The second-order valence-electron chi connectivity index (χ2n) is 6.19. The van der Waals surface area contributed by atoms with E-state index >= 15 is 0 Å². The molecule has 126 valence electrons. The Morgan fingerprint density at radius 3 is 2.71 bits per heavy atom. The fraction of sp³-hybridized carbons (Fsp3) is 0.389. The molecule has 1 aromatic heterocycles. The van der Waals surface area contributed by atoms with E-state index in [1.54, 1.807) is 6.20 Å². The molecule has 0 spiro atoms. The van der Waals surface area contributed by atoms with E-state index in [0.29, 0.717) is 5.95 Å². The van der Waals surface area contributed by atoms with Gasteiger partial charge in [0.25, 0.3) is 0 Å². The highest BCUT2D eigenvalue weighted by Crippen LogP contribution is 2.21. The van der Waals surface area contributed by atoms with Gasteiger partial charge >= 0.3 is 0 Å². The molecule has 1 atom stereocenters. The van der Waals surface area contributed by atoms with Crippen molar-refractivity contribution in [1.29, 1.82) is 0 Å². The molecule has 6 nitrogen and oxygen atoms in total. The summed E-state index contributed by atoms with van der Waals surface area (Å²) >= 11 is 0.